The molecule has 0 saturated carbocycles. The minimum absolute atomic E-state index is 0.252. The van der Waals surface area contributed by atoms with Crippen LogP contribution in [0.1, 0.15) is 15.5 Å². The Morgan fingerprint density at radius 2 is 1.96 bits per heavy atom. The van der Waals surface area contributed by atoms with Crippen molar-refractivity contribution in [1.82, 2.24) is 4.98 Å². The summed E-state index contributed by atoms with van der Waals surface area (Å²) in [6, 6.07) is 12.8. The minimum Gasteiger partial charge on any atom is -0.497 e. The number of hydrogen-bond donors (Lipinski definition) is 1. The van der Waals surface area contributed by atoms with Crippen molar-refractivity contribution in [2.45, 2.75) is 6.61 Å². The maximum atomic E-state index is 12.9. The van der Waals surface area contributed by atoms with Gasteiger partial charge >= 0.3 is 0 Å². The molecular weight excluding hydrogens is 343 g/mol. The van der Waals surface area contributed by atoms with Crippen LogP contribution in [0.3, 0.4) is 0 Å². The molecule has 5 nitrogen and oxygen atoms in total. The number of benzene rings is 2. The highest BCUT2D eigenvalue weighted by Gasteiger charge is 2.11. The summed E-state index contributed by atoms with van der Waals surface area (Å²) in [4.78, 5) is 16.4. The van der Waals surface area contributed by atoms with Crippen molar-refractivity contribution in [2.24, 2.45) is 0 Å². The molecule has 0 spiro atoms. The number of thiazole rings is 1. The van der Waals surface area contributed by atoms with Crippen molar-refractivity contribution in [1.29, 1.82) is 0 Å². The normalized spacial score (nSPS) is 10.3. The lowest BCUT2D eigenvalue weighted by atomic mass is 10.3. The molecule has 0 fully saturated rings. The topological polar surface area (TPSA) is 60.5 Å². The fourth-order valence-electron chi connectivity index (χ4n) is 2.05. The van der Waals surface area contributed by atoms with Crippen molar-refractivity contribution >= 4 is 22.9 Å². The second kappa shape index (κ2) is 7.76. The lowest BCUT2D eigenvalue weighted by Gasteiger charge is -2.05. The van der Waals surface area contributed by atoms with E-state index in [4.69, 9.17) is 9.47 Å². The van der Waals surface area contributed by atoms with Crippen LogP contribution in [0, 0.1) is 5.82 Å². The maximum Gasteiger partial charge on any atom is 0.275 e. The van der Waals surface area contributed by atoms with Gasteiger partial charge in [-0.1, -0.05) is 6.07 Å². The Balaban J connectivity index is 1.59. The highest BCUT2D eigenvalue weighted by molar-refractivity contribution is 7.09. The fraction of sp³-hybridized carbons (Fsp3) is 0.111. The summed E-state index contributed by atoms with van der Waals surface area (Å²) in [6.07, 6.45) is 0. The van der Waals surface area contributed by atoms with Crippen LogP contribution in [0.5, 0.6) is 11.5 Å². The molecule has 1 N–H and O–H groups in total. The Kier molecular flexibility index (Phi) is 5.25. The average molecular weight is 358 g/mol. The van der Waals surface area contributed by atoms with E-state index < -0.39 is 0 Å². The van der Waals surface area contributed by atoms with Gasteiger partial charge in [0, 0.05) is 17.1 Å². The Hall–Kier alpha value is -2.93. The summed E-state index contributed by atoms with van der Waals surface area (Å²) in [5, 5.41) is 5.00. The zero-order valence-corrected chi connectivity index (χ0v) is 14.2. The third kappa shape index (κ3) is 4.54. The maximum absolute atomic E-state index is 12.9. The molecule has 1 amide bonds. The molecule has 2 aromatic carbocycles. The molecule has 0 saturated heterocycles. The second-order valence-corrected chi connectivity index (χ2v) is 6.00. The van der Waals surface area contributed by atoms with Crippen molar-refractivity contribution in [3.05, 3.63) is 70.4 Å². The number of ether oxygens (including phenoxy) is 2. The summed E-state index contributed by atoms with van der Waals surface area (Å²) in [5.74, 6) is 0.655. The molecule has 0 aliphatic carbocycles. The summed E-state index contributed by atoms with van der Waals surface area (Å²) in [6.45, 7) is 0.252. The van der Waals surface area contributed by atoms with Crippen molar-refractivity contribution in [2.75, 3.05) is 12.4 Å². The van der Waals surface area contributed by atoms with Crippen LogP contribution >= 0.6 is 11.3 Å². The van der Waals surface area contributed by atoms with Crippen LogP contribution in [0.25, 0.3) is 0 Å². The van der Waals surface area contributed by atoms with Gasteiger partial charge < -0.3 is 14.8 Å². The molecule has 1 aromatic heterocycles. The van der Waals surface area contributed by atoms with Gasteiger partial charge in [-0.05, 0) is 36.4 Å². The first-order chi connectivity index (χ1) is 12.1. The number of nitrogens with one attached hydrogen (secondary N) is 1. The van der Waals surface area contributed by atoms with Crippen LogP contribution < -0.4 is 14.8 Å². The molecule has 3 aromatic rings. The Morgan fingerprint density at radius 3 is 2.72 bits per heavy atom. The predicted octanol–water partition coefficient (Wildman–Crippen LogP) is 4.12. The molecule has 0 radical (unpaired) electrons. The number of nitrogens with zero attached hydrogens (tertiary/aromatic N) is 1. The first kappa shape index (κ1) is 16.9. The second-order valence-electron chi connectivity index (χ2n) is 5.06. The molecule has 0 unspecified atom stereocenters. The third-order valence-electron chi connectivity index (χ3n) is 3.29. The highest BCUT2D eigenvalue weighted by Crippen LogP contribution is 2.21. The van der Waals surface area contributed by atoms with E-state index in [0.29, 0.717) is 27.9 Å². The third-order valence-corrected chi connectivity index (χ3v) is 4.11. The van der Waals surface area contributed by atoms with Crippen LogP contribution in [0.4, 0.5) is 10.1 Å². The lowest BCUT2D eigenvalue weighted by Crippen LogP contribution is -2.12. The van der Waals surface area contributed by atoms with Gasteiger partial charge in [0.05, 0.1) is 7.11 Å². The van der Waals surface area contributed by atoms with Gasteiger partial charge in [0.25, 0.3) is 5.91 Å². The van der Waals surface area contributed by atoms with Gasteiger partial charge in [-0.2, -0.15) is 0 Å². The zero-order valence-electron chi connectivity index (χ0n) is 13.4. The van der Waals surface area contributed by atoms with Crippen molar-refractivity contribution < 1.29 is 18.7 Å². The Labute approximate surface area is 148 Å². The monoisotopic (exact) mass is 358 g/mol. The number of methoxy groups -OCH3 is 1. The number of carbonyl (C=O) groups excluding carboxylic acids is 1. The molecule has 128 valence electrons. The van der Waals surface area contributed by atoms with E-state index >= 15 is 0 Å². The quantitative estimate of drug-likeness (QED) is 0.720. The summed E-state index contributed by atoms with van der Waals surface area (Å²) < 4.78 is 23.7. The number of rotatable bonds is 6. The first-order valence-corrected chi connectivity index (χ1v) is 8.30. The lowest BCUT2D eigenvalue weighted by molar-refractivity contribution is 0.102. The molecule has 1 heterocycles. The fourth-order valence-corrected chi connectivity index (χ4v) is 2.73. The summed E-state index contributed by atoms with van der Waals surface area (Å²) in [5.41, 5.74) is 0.798. The smallest absolute Gasteiger partial charge is 0.275 e. The van der Waals surface area contributed by atoms with Gasteiger partial charge in [0.15, 0.2) is 0 Å². The van der Waals surface area contributed by atoms with Crippen molar-refractivity contribution in [3.63, 3.8) is 0 Å². The molecule has 25 heavy (non-hydrogen) atoms. The molecular formula is C18H15FN2O3S. The number of hydrogen-bond acceptors (Lipinski definition) is 5. The van der Waals surface area contributed by atoms with Crippen LogP contribution in [0.2, 0.25) is 0 Å². The highest BCUT2D eigenvalue weighted by atomic mass is 32.1. The van der Waals surface area contributed by atoms with E-state index in [9.17, 15) is 9.18 Å². The van der Waals surface area contributed by atoms with E-state index in [0.717, 1.165) is 0 Å². The van der Waals surface area contributed by atoms with E-state index in [-0.39, 0.29) is 18.3 Å². The van der Waals surface area contributed by atoms with Crippen LogP contribution in [-0.4, -0.2) is 18.0 Å². The SMILES string of the molecule is COc1cccc(OCc2nc(C(=O)Nc3ccc(F)cc3)cs2)c1. The summed E-state index contributed by atoms with van der Waals surface area (Å²) in [7, 11) is 1.59. The minimum atomic E-state index is -0.358. The standard InChI is InChI=1S/C18H15FN2O3S/c1-23-14-3-2-4-15(9-14)24-10-17-21-16(11-25-17)18(22)20-13-7-5-12(19)6-8-13/h2-9,11H,10H2,1H3,(H,20,22). The predicted molar refractivity (Wildman–Crippen MR) is 93.8 cm³/mol. The number of aromatic nitrogens is 1. The number of anilines is 1. The van der Waals surface area contributed by atoms with Gasteiger partial charge in [0.2, 0.25) is 0 Å². The van der Waals surface area contributed by atoms with Crippen molar-refractivity contribution in [3.8, 4) is 11.5 Å². The molecule has 7 heteroatoms. The van der Waals surface area contributed by atoms with E-state index in [1.54, 1.807) is 18.6 Å². The molecule has 0 atom stereocenters. The van der Waals surface area contributed by atoms with E-state index in [2.05, 4.69) is 10.3 Å². The molecule has 0 aliphatic rings. The van der Waals surface area contributed by atoms with Gasteiger partial charge in [-0.3, -0.25) is 4.79 Å². The number of amides is 1. The van der Waals surface area contributed by atoms with Gasteiger partial charge in [0.1, 0.15) is 34.6 Å². The van der Waals surface area contributed by atoms with Crippen LogP contribution in [0.15, 0.2) is 53.9 Å². The largest absolute Gasteiger partial charge is 0.497 e. The Bertz CT molecular complexity index is 865. The summed E-state index contributed by atoms with van der Waals surface area (Å²) >= 11 is 1.33. The van der Waals surface area contributed by atoms with Crippen LogP contribution in [-0.2, 0) is 6.61 Å². The molecule has 3 rings (SSSR count). The number of halogens is 1. The Morgan fingerprint density at radius 1 is 1.20 bits per heavy atom. The first-order valence-electron chi connectivity index (χ1n) is 7.42. The average Bonchev–Trinajstić information content (AvgIpc) is 3.11. The molecule has 0 aliphatic heterocycles. The van der Waals surface area contributed by atoms with E-state index in [1.807, 2.05) is 18.2 Å². The van der Waals surface area contributed by atoms with E-state index in [1.165, 1.54) is 35.6 Å². The van der Waals surface area contributed by atoms with Gasteiger partial charge in [-0.15, -0.1) is 11.3 Å². The number of carbonyl (C=O) groups is 1. The zero-order chi connectivity index (χ0) is 17.6. The molecule has 0 bridgehead atoms. The van der Waals surface area contributed by atoms with Gasteiger partial charge in [-0.25, -0.2) is 9.37 Å².